The van der Waals surface area contributed by atoms with Crippen LogP contribution >= 0.6 is 0 Å². The van der Waals surface area contributed by atoms with Crippen LogP contribution < -0.4 is 11.5 Å². The molecule has 0 aromatic heterocycles. The first kappa shape index (κ1) is 6.89. The summed E-state index contributed by atoms with van der Waals surface area (Å²) in [5.41, 5.74) is 11.9. The van der Waals surface area contributed by atoms with E-state index in [0.717, 1.165) is 5.56 Å². The van der Waals surface area contributed by atoms with Gasteiger partial charge in [-0.05, 0) is 11.6 Å². The van der Waals surface area contributed by atoms with E-state index in [0.29, 0.717) is 12.2 Å². The SMILES string of the molecule is NCc1cccc(O)c1N. The number of phenolic OH excluding ortho intramolecular Hbond substituents is 1. The summed E-state index contributed by atoms with van der Waals surface area (Å²) < 4.78 is 0. The number of anilines is 1. The van der Waals surface area contributed by atoms with Gasteiger partial charge in [0.1, 0.15) is 5.75 Å². The number of benzene rings is 1. The van der Waals surface area contributed by atoms with Crippen molar-refractivity contribution in [1.29, 1.82) is 0 Å². The maximum atomic E-state index is 9.05. The lowest BCUT2D eigenvalue weighted by Crippen LogP contribution is -2.00. The fraction of sp³-hybridized carbons (Fsp3) is 0.143. The van der Waals surface area contributed by atoms with Gasteiger partial charge < -0.3 is 16.6 Å². The van der Waals surface area contributed by atoms with E-state index in [1.165, 1.54) is 6.07 Å². The first-order valence-corrected chi connectivity index (χ1v) is 3.02. The normalized spacial score (nSPS) is 9.70. The summed E-state index contributed by atoms with van der Waals surface area (Å²) in [6.45, 7) is 0.361. The van der Waals surface area contributed by atoms with Crippen LogP contribution in [0.2, 0.25) is 0 Å². The van der Waals surface area contributed by atoms with E-state index < -0.39 is 0 Å². The van der Waals surface area contributed by atoms with Crippen molar-refractivity contribution in [1.82, 2.24) is 0 Å². The summed E-state index contributed by atoms with van der Waals surface area (Å²) in [6.07, 6.45) is 0. The Morgan fingerprint density at radius 1 is 1.40 bits per heavy atom. The minimum absolute atomic E-state index is 0.1000. The van der Waals surface area contributed by atoms with Gasteiger partial charge >= 0.3 is 0 Å². The monoisotopic (exact) mass is 138 g/mol. The van der Waals surface area contributed by atoms with Crippen molar-refractivity contribution in [2.75, 3.05) is 5.73 Å². The zero-order valence-corrected chi connectivity index (χ0v) is 5.54. The van der Waals surface area contributed by atoms with Crippen molar-refractivity contribution >= 4 is 5.69 Å². The molecule has 0 heterocycles. The predicted molar refractivity (Wildman–Crippen MR) is 40.4 cm³/mol. The van der Waals surface area contributed by atoms with Crippen molar-refractivity contribution in [2.24, 2.45) is 5.73 Å². The molecule has 10 heavy (non-hydrogen) atoms. The molecule has 0 aliphatic heterocycles. The van der Waals surface area contributed by atoms with E-state index in [4.69, 9.17) is 16.6 Å². The summed E-state index contributed by atoms with van der Waals surface area (Å²) in [5.74, 6) is 0.1000. The van der Waals surface area contributed by atoms with Crippen LogP contribution in [0.15, 0.2) is 18.2 Å². The highest BCUT2D eigenvalue weighted by Gasteiger charge is 1.99. The average Bonchev–Trinajstić information content (AvgIpc) is 1.95. The Morgan fingerprint density at radius 2 is 2.10 bits per heavy atom. The van der Waals surface area contributed by atoms with E-state index in [1.807, 2.05) is 0 Å². The molecule has 54 valence electrons. The van der Waals surface area contributed by atoms with E-state index in [9.17, 15) is 0 Å². The predicted octanol–water partition coefficient (Wildman–Crippen LogP) is 0.433. The van der Waals surface area contributed by atoms with Gasteiger partial charge in [0.15, 0.2) is 0 Å². The van der Waals surface area contributed by atoms with E-state index in [-0.39, 0.29) is 5.75 Å². The second-order valence-electron chi connectivity index (χ2n) is 2.05. The van der Waals surface area contributed by atoms with Crippen LogP contribution in [0.25, 0.3) is 0 Å². The fourth-order valence-electron chi connectivity index (χ4n) is 0.777. The van der Waals surface area contributed by atoms with Gasteiger partial charge in [-0.2, -0.15) is 0 Å². The Kier molecular flexibility index (Phi) is 1.78. The molecule has 0 radical (unpaired) electrons. The van der Waals surface area contributed by atoms with Gasteiger partial charge in [-0.3, -0.25) is 0 Å². The molecule has 0 spiro atoms. The van der Waals surface area contributed by atoms with Crippen LogP contribution in [-0.4, -0.2) is 5.11 Å². The summed E-state index contributed by atoms with van der Waals surface area (Å²) in [5, 5.41) is 9.05. The number of hydrogen-bond donors (Lipinski definition) is 3. The number of rotatable bonds is 1. The van der Waals surface area contributed by atoms with Crippen LogP contribution in [0.1, 0.15) is 5.56 Å². The highest BCUT2D eigenvalue weighted by molar-refractivity contribution is 5.57. The molecule has 0 saturated heterocycles. The molecule has 0 atom stereocenters. The minimum Gasteiger partial charge on any atom is -0.506 e. The molecular formula is C7H10N2O. The number of nitrogens with two attached hydrogens (primary N) is 2. The largest absolute Gasteiger partial charge is 0.506 e. The summed E-state index contributed by atoms with van der Waals surface area (Å²) in [6, 6.07) is 5.04. The maximum absolute atomic E-state index is 9.05. The molecule has 5 N–H and O–H groups in total. The molecule has 0 aliphatic rings. The van der Waals surface area contributed by atoms with Crippen molar-refractivity contribution < 1.29 is 5.11 Å². The first-order valence-electron chi connectivity index (χ1n) is 3.02. The topological polar surface area (TPSA) is 72.3 Å². The lowest BCUT2D eigenvalue weighted by Gasteiger charge is -2.02. The Hall–Kier alpha value is -1.22. The number of para-hydroxylation sites is 1. The fourth-order valence-corrected chi connectivity index (χ4v) is 0.777. The highest BCUT2D eigenvalue weighted by Crippen LogP contribution is 2.22. The molecule has 0 fully saturated rings. The van der Waals surface area contributed by atoms with Gasteiger partial charge in [-0.1, -0.05) is 12.1 Å². The number of hydrogen-bond acceptors (Lipinski definition) is 3. The Labute approximate surface area is 59.3 Å². The van der Waals surface area contributed by atoms with Crippen molar-refractivity contribution in [2.45, 2.75) is 6.54 Å². The van der Waals surface area contributed by atoms with E-state index in [1.54, 1.807) is 12.1 Å². The molecule has 0 saturated carbocycles. The summed E-state index contributed by atoms with van der Waals surface area (Å²) >= 11 is 0. The quantitative estimate of drug-likeness (QED) is 0.389. The average molecular weight is 138 g/mol. The van der Waals surface area contributed by atoms with Gasteiger partial charge in [0.2, 0.25) is 0 Å². The Morgan fingerprint density at radius 3 is 2.60 bits per heavy atom. The maximum Gasteiger partial charge on any atom is 0.138 e. The molecule has 0 unspecified atom stereocenters. The zero-order chi connectivity index (χ0) is 7.56. The summed E-state index contributed by atoms with van der Waals surface area (Å²) in [4.78, 5) is 0. The third-order valence-electron chi connectivity index (χ3n) is 1.39. The third kappa shape index (κ3) is 1.04. The van der Waals surface area contributed by atoms with E-state index in [2.05, 4.69) is 0 Å². The van der Waals surface area contributed by atoms with Gasteiger partial charge in [-0.15, -0.1) is 0 Å². The van der Waals surface area contributed by atoms with Crippen LogP contribution in [0.4, 0.5) is 5.69 Å². The van der Waals surface area contributed by atoms with Crippen molar-refractivity contribution in [3.63, 3.8) is 0 Å². The highest BCUT2D eigenvalue weighted by atomic mass is 16.3. The molecule has 0 amide bonds. The van der Waals surface area contributed by atoms with E-state index >= 15 is 0 Å². The molecular weight excluding hydrogens is 128 g/mol. The smallest absolute Gasteiger partial charge is 0.138 e. The molecule has 1 aromatic rings. The van der Waals surface area contributed by atoms with Gasteiger partial charge in [0.25, 0.3) is 0 Å². The molecule has 0 bridgehead atoms. The van der Waals surface area contributed by atoms with Crippen LogP contribution in [0, 0.1) is 0 Å². The second-order valence-corrected chi connectivity index (χ2v) is 2.05. The molecule has 0 aliphatic carbocycles. The van der Waals surface area contributed by atoms with Crippen LogP contribution in [0.5, 0.6) is 5.75 Å². The number of nitrogen functional groups attached to an aromatic ring is 1. The van der Waals surface area contributed by atoms with Crippen molar-refractivity contribution in [3.05, 3.63) is 23.8 Å². The van der Waals surface area contributed by atoms with Crippen LogP contribution in [-0.2, 0) is 6.54 Å². The minimum atomic E-state index is 0.1000. The van der Waals surface area contributed by atoms with Crippen molar-refractivity contribution in [3.8, 4) is 5.75 Å². The lowest BCUT2D eigenvalue weighted by atomic mass is 10.2. The Balaban J connectivity index is 3.14. The third-order valence-corrected chi connectivity index (χ3v) is 1.39. The van der Waals surface area contributed by atoms with Gasteiger partial charge in [0.05, 0.1) is 5.69 Å². The second kappa shape index (κ2) is 2.58. The molecule has 3 heteroatoms. The zero-order valence-electron chi connectivity index (χ0n) is 5.54. The van der Waals surface area contributed by atoms with Gasteiger partial charge in [0, 0.05) is 6.54 Å². The lowest BCUT2D eigenvalue weighted by molar-refractivity contribution is 0.477. The summed E-state index contributed by atoms with van der Waals surface area (Å²) in [7, 11) is 0. The standard InChI is InChI=1S/C7H10N2O/c8-4-5-2-1-3-6(10)7(5)9/h1-3,10H,4,8-9H2. The number of aromatic hydroxyl groups is 1. The Bertz CT molecular complexity index is 235. The molecule has 3 nitrogen and oxygen atoms in total. The van der Waals surface area contributed by atoms with Crippen LogP contribution in [0.3, 0.4) is 0 Å². The number of phenols is 1. The molecule has 1 rings (SSSR count). The first-order chi connectivity index (χ1) is 4.75. The molecule has 1 aromatic carbocycles. The van der Waals surface area contributed by atoms with Gasteiger partial charge in [-0.25, -0.2) is 0 Å².